The number of carbonyl (C=O) groups excluding carboxylic acids is 2. The van der Waals surface area contributed by atoms with Crippen LogP contribution in [-0.2, 0) is 20.9 Å². The maximum atomic E-state index is 11.7. The molecule has 1 N–H and O–H groups in total. The summed E-state index contributed by atoms with van der Waals surface area (Å²) in [7, 11) is 0. The van der Waals surface area contributed by atoms with E-state index >= 15 is 0 Å². The number of hydrogen-bond acceptors (Lipinski definition) is 6. The van der Waals surface area contributed by atoms with Crippen LogP contribution in [0.5, 0.6) is 5.75 Å². The fourth-order valence-corrected chi connectivity index (χ4v) is 2.45. The molecule has 1 amide bonds. The van der Waals surface area contributed by atoms with Crippen LogP contribution >= 0.6 is 0 Å². The number of nitrogens with zero attached hydrogens (tertiary/aromatic N) is 2. The molecule has 0 saturated carbocycles. The van der Waals surface area contributed by atoms with Crippen LogP contribution in [0, 0.1) is 0 Å². The van der Waals surface area contributed by atoms with Crippen molar-refractivity contribution in [1.82, 2.24) is 10.2 Å². The van der Waals surface area contributed by atoms with Gasteiger partial charge in [-0.25, -0.2) is 4.99 Å². The monoisotopic (exact) mass is 303 g/mol. The van der Waals surface area contributed by atoms with E-state index in [1.165, 1.54) is 6.92 Å². The first-order chi connectivity index (χ1) is 10.5. The Morgan fingerprint density at radius 1 is 1.45 bits per heavy atom. The van der Waals surface area contributed by atoms with E-state index in [1.54, 1.807) is 0 Å². The number of aliphatic imine (C=N–C) groups is 1. The van der Waals surface area contributed by atoms with Gasteiger partial charge in [-0.15, -0.1) is 0 Å². The van der Waals surface area contributed by atoms with E-state index < -0.39 is 0 Å². The third-order valence-electron chi connectivity index (χ3n) is 3.63. The van der Waals surface area contributed by atoms with Crippen LogP contribution in [0.15, 0.2) is 23.2 Å². The van der Waals surface area contributed by atoms with Crippen molar-refractivity contribution < 1.29 is 19.1 Å². The highest BCUT2D eigenvalue weighted by molar-refractivity contribution is 6.07. The molecule has 7 heteroatoms. The SMILES string of the molecule is CC(=O)OCCOc1ccc2c(c1)CN1C(=N2)NC(=O)C1C. The molecule has 2 aliphatic rings. The number of amides is 1. The maximum Gasteiger partial charge on any atom is 0.302 e. The number of guanidine groups is 1. The second-order valence-corrected chi connectivity index (χ2v) is 5.21. The molecule has 0 radical (unpaired) electrons. The summed E-state index contributed by atoms with van der Waals surface area (Å²) in [6.07, 6.45) is 0. The van der Waals surface area contributed by atoms with Crippen LogP contribution in [0.4, 0.5) is 5.69 Å². The summed E-state index contributed by atoms with van der Waals surface area (Å²) >= 11 is 0. The first-order valence-corrected chi connectivity index (χ1v) is 7.10. The molecule has 1 saturated heterocycles. The van der Waals surface area contributed by atoms with E-state index in [4.69, 9.17) is 9.47 Å². The third kappa shape index (κ3) is 2.74. The number of ether oxygens (including phenoxy) is 2. The van der Waals surface area contributed by atoms with Gasteiger partial charge in [0.25, 0.3) is 0 Å². The van der Waals surface area contributed by atoms with Crippen LogP contribution in [0.1, 0.15) is 19.4 Å². The molecule has 0 bridgehead atoms. The second kappa shape index (κ2) is 5.67. The van der Waals surface area contributed by atoms with Gasteiger partial charge in [0.15, 0.2) is 0 Å². The number of rotatable bonds is 4. The smallest absolute Gasteiger partial charge is 0.302 e. The molecule has 0 aromatic heterocycles. The average molecular weight is 303 g/mol. The molecule has 1 fully saturated rings. The van der Waals surface area contributed by atoms with Crippen molar-refractivity contribution in [2.75, 3.05) is 13.2 Å². The van der Waals surface area contributed by atoms with E-state index in [9.17, 15) is 9.59 Å². The molecule has 116 valence electrons. The molecule has 7 nitrogen and oxygen atoms in total. The second-order valence-electron chi connectivity index (χ2n) is 5.21. The number of esters is 1. The van der Waals surface area contributed by atoms with Gasteiger partial charge in [0.1, 0.15) is 25.0 Å². The minimum Gasteiger partial charge on any atom is -0.490 e. The highest BCUT2D eigenvalue weighted by Crippen LogP contribution is 2.31. The Balaban J connectivity index is 1.69. The minimum absolute atomic E-state index is 0.0376. The average Bonchev–Trinajstić information content (AvgIpc) is 2.76. The van der Waals surface area contributed by atoms with Crippen molar-refractivity contribution in [3.05, 3.63) is 23.8 Å². The highest BCUT2D eigenvalue weighted by atomic mass is 16.6. The van der Waals surface area contributed by atoms with E-state index in [1.807, 2.05) is 30.0 Å². The lowest BCUT2D eigenvalue weighted by molar-refractivity contribution is -0.141. The molecule has 0 spiro atoms. The summed E-state index contributed by atoms with van der Waals surface area (Å²) in [6, 6.07) is 5.35. The van der Waals surface area contributed by atoms with Gasteiger partial charge in [-0.2, -0.15) is 0 Å². The zero-order valence-corrected chi connectivity index (χ0v) is 12.5. The zero-order chi connectivity index (χ0) is 15.7. The zero-order valence-electron chi connectivity index (χ0n) is 12.5. The molecule has 1 aromatic carbocycles. The largest absolute Gasteiger partial charge is 0.490 e. The molecule has 1 unspecified atom stereocenters. The number of hydrogen-bond donors (Lipinski definition) is 1. The summed E-state index contributed by atoms with van der Waals surface area (Å²) in [5.74, 6) is 0.935. The van der Waals surface area contributed by atoms with Gasteiger partial charge in [-0.3, -0.25) is 14.9 Å². The topological polar surface area (TPSA) is 80.2 Å². The fourth-order valence-electron chi connectivity index (χ4n) is 2.45. The van der Waals surface area contributed by atoms with Crippen molar-refractivity contribution in [2.24, 2.45) is 4.99 Å². The Hall–Kier alpha value is -2.57. The molecular formula is C15H17N3O4. The molecular weight excluding hydrogens is 286 g/mol. The fraction of sp³-hybridized carbons (Fsp3) is 0.400. The van der Waals surface area contributed by atoms with Crippen LogP contribution < -0.4 is 10.1 Å². The lowest BCUT2D eigenvalue weighted by Crippen LogP contribution is -2.35. The summed E-state index contributed by atoms with van der Waals surface area (Å²) in [4.78, 5) is 28.7. The van der Waals surface area contributed by atoms with Crippen molar-refractivity contribution in [1.29, 1.82) is 0 Å². The van der Waals surface area contributed by atoms with Gasteiger partial charge in [0.2, 0.25) is 11.9 Å². The van der Waals surface area contributed by atoms with Crippen molar-refractivity contribution in [2.45, 2.75) is 26.4 Å². The van der Waals surface area contributed by atoms with E-state index in [-0.39, 0.29) is 24.5 Å². The lowest BCUT2D eigenvalue weighted by Gasteiger charge is -2.26. The Labute approximate surface area is 127 Å². The highest BCUT2D eigenvalue weighted by Gasteiger charge is 2.35. The summed E-state index contributed by atoms with van der Waals surface area (Å²) in [5, 5.41) is 2.77. The Morgan fingerprint density at radius 2 is 2.27 bits per heavy atom. The number of fused-ring (bicyclic) bond motifs is 2. The Bertz CT molecular complexity index is 656. The minimum atomic E-state index is -0.323. The van der Waals surface area contributed by atoms with Crippen molar-refractivity contribution in [3.63, 3.8) is 0 Å². The summed E-state index contributed by atoms with van der Waals surface area (Å²) in [6.45, 7) is 4.34. The molecule has 2 aliphatic heterocycles. The van der Waals surface area contributed by atoms with Gasteiger partial charge in [-0.1, -0.05) is 0 Å². The first-order valence-electron chi connectivity index (χ1n) is 7.10. The standard InChI is InChI=1S/C15H17N3O4/c1-9-14(20)17-15-16-13-4-3-12(7-11(13)8-18(9)15)22-6-5-21-10(2)19/h3-4,7,9H,5-6,8H2,1-2H3,(H,16,17,20). The van der Waals surface area contributed by atoms with Gasteiger partial charge in [0.05, 0.1) is 5.69 Å². The molecule has 22 heavy (non-hydrogen) atoms. The van der Waals surface area contributed by atoms with Crippen molar-refractivity contribution in [3.8, 4) is 5.75 Å². The van der Waals surface area contributed by atoms with Crippen molar-refractivity contribution >= 4 is 23.5 Å². The van der Waals surface area contributed by atoms with Gasteiger partial charge < -0.3 is 14.4 Å². The normalized spacial score (nSPS) is 19.0. The van der Waals surface area contributed by atoms with Gasteiger partial charge >= 0.3 is 5.97 Å². The first kappa shape index (κ1) is 14.4. The van der Waals surface area contributed by atoms with E-state index in [2.05, 4.69) is 10.3 Å². The molecule has 3 rings (SSSR count). The lowest BCUT2D eigenvalue weighted by atomic mass is 10.1. The number of benzene rings is 1. The van der Waals surface area contributed by atoms with Gasteiger partial charge in [0, 0.05) is 19.0 Å². The van der Waals surface area contributed by atoms with Crippen LogP contribution in [0.2, 0.25) is 0 Å². The van der Waals surface area contributed by atoms with Crippen LogP contribution in [0.3, 0.4) is 0 Å². The molecule has 0 aliphatic carbocycles. The molecule has 1 atom stereocenters. The van der Waals surface area contributed by atoms with E-state index in [0.29, 0.717) is 24.9 Å². The molecule has 1 aromatic rings. The predicted molar refractivity (Wildman–Crippen MR) is 78.8 cm³/mol. The van der Waals surface area contributed by atoms with Crippen LogP contribution in [0.25, 0.3) is 0 Å². The summed E-state index contributed by atoms with van der Waals surface area (Å²) in [5.41, 5.74) is 1.82. The third-order valence-corrected chi connectivity index (χ3v) is 3.63. The van der Waals surface area contributed by atoms with Gasteiger partial charge in [-0.05, 0) is 25.1 Å². The number of nitrogens with one attached hydrogen (secondary N) is 1. The van der Waals surface area contributed by atoms with Crippen LogP contribution in [-0.4, -0.2) is 42.0 Å². The Morgan fingerprint density at radius 3 is 3.05 bits per heavy atom. The predicted octanol–water partition coefficient (Wildman–Crippen LogP) is 0.950. The summed E-state index contributed by atoms with van der Waals surface area (Å²) < 4.78 is 10.4. The maximum absolute atomic E-state index is 11.7. The Kier molecular flexibility index (Phi) is 3.70. The van der Waals surface area contributed by atoms with E-state index in [0.717, 1.165) is 11.3 Å². The molecule has 2 heterocycles. The number of carbonyl (C=O) groups is 2. The quantitative estimate of drug-likeness (QED) is 0.661.